The van der Waals surface area contributed by atoms with E-state index in [1.807, 2.05) is 19.9 Å². The number of nitrogens with one attached hydrogen (secondary N) is 1. The van der Waals surface area contributed by atoms with Gasteiger partial charge in [-0.05, 0) is 49.2 Å². The van der Waals surface area contributed by atoms with Crippen LogP contribution in [-0.2, 0) is 0 Å². The van der Waals surface area contributed by atoms with Gasteiger partial charge in [-0.15, -0.1) is 0 Å². The van der Waals surface area contributed by atoms with Gasteiger partial charge in [0.1, 0.15) is 5.75 Å². The number of phenols is 1. The highest BCUT2D eigenvalue weighted by Crippen LogP contribution is 2.27. The van der Waals surface area contributed by atoms with Crippen LogP contribution < -0.4 is 5.32 Å². The van der Waals surface area contributed by atoms with Gasteiger partial charge in [-0.1, -0.05) is 18.2 Å². The fourth-order valence-corrected chi connectivity index (χ4v) is 1.69. The van der Waals surface area contributed by atoms with E-state index in [9.17, 15) is 9.90 Å². The second-order valence-corrected chi connectivity index (χ2v) is 4.27. The Kier molecular flexibility index (Phi) is 3.33. The van der Waals surface area contributed by atoms with Crippen molar-refractivity contribution >= 4 is 11.6 Å². The summed E-state index contributed by atoms with van der Waals surface area (Å²) in [5.74, 6) is -0.142. The van der Waals surface area contributed by atoms with Gasteiger partial charge >= 0.3 is 0 Å². The van der Waals surface area contributed by atoms with Crippen LogP contribution in [0.4, 0.5) is 5.69 Å². The van der Waals surface area contributed by atoms with Crippen molar-refractivity contribution in [1.29, 1.82) is 0 Å². The molecule has 92 valence electrons. The monoisotopic (exact) mass is 241 g/mol. The first-order chi connectivity index (χ1) is 8.58. The Morgan fingerprint density at radius 3 is 2.33 bits per heavy atom. The van der Waals surface area contributed by atoms with Gasteiger partial charge in [0.05, 0.1) is 5.69 Å². The summed E-state index contributed by atoms with van der Waals surface area (Å²) in [5, 5.41) is 12.5. The Balaban J connectivity index is 2.25. The molecule has 0 radical (unpaired) electrons. The van der Waals surface area contributed by atoms with Crippen molar-refractivity contribution < 1.29 is 9.90 Å². The first-order valence-electron chi connectivity index (χ1n) is 5.74. The molecule has 2 rings (SSSR count). The zero-order chi connectivity index (χ0) is 13.1. The van der Waals surface area contributed by atoms with Crippen LogP contribution in [0.5, 0.6) is 5.75 Å². The molecule has 0 bridgehead atoms. The SMILES string of the molecule is Cc1cc(O)c(NC(=O)c2ccccc2)cc1C. The molecule has 3 nitrogen and oxygen atoms in total. The maximum atomic E-state index is 11.9. The third-order valence-corrected chi connectivity index (χ3v) is 2.90. The summed E-state index contributed by atoms with van der Waals surface area (Å²) < 4.78 is 0. The maximum absolute atomic E-state index is 11.9. The Bertz CT molecular complexity index is 577. The van der Waals surface area contributed by atoms with Gasteiger partial charge in [-0.3, -0.25) is 4.79 Å². The Morgan fingerprint density at radius 2 is 1.67 bits per heavy atom. The van der Waals surface area contributed by atoms with Crippen molar-refractivity contribution in [1.82, 2.24) is 0 Å². The standard InChI is InChI=1S/C15H15NO2/c1-10-8-13(14(17)9-11(10)2)16-15(18)12-6-4-3-5-7-12/h3-9,17H,1-2H3,(H,16,18). The predicted octanol–water partition coefficient (Wildman–Crippen LogP) is 3.26. The highest BCUT2D eigenvalue weighted by Gasteiger charge is 2.09. The van der Waals surface area contributed by atoms with E-state index in [0.29, 0.717) is 11.3 Å². The zero-order valence-electron chi connectivity index (χ0n) is 10.4. The molecule has 0 fully saturated rings. The summed E-state index contributed by atoms with van der Waals surface area (Å²) in [6, 6.07) is 12.3. The van der Waals surface area contributed by atoms with Crippen LogP contribution in [0.1, 0.15) is 21.5 Å². The van der Waals surface area contributed by atoms with Gasteiger partial charge in [0.2, 0.25) is 0 Å². The quantitative estimate of drug-likeness (QED) is 0.793. The molecule has 0 heterocycles. The average Bonchev–Trinajstić information content (AvgIpc) is 2.37. The van der Waals surface area contributed by atoms with Crippen LogP contribution in [0.15, 0.2) is 42.5 Å². The molecule has 0 aliphatic carbocycles. The number of anilines is 1. The van der Waals surface area contributed by atoms with Crippen molar-refractivity contribution in [3.63, 3.8) is 0 Å². The number of amides is 1. The largest absolute Gasteiger partial charge is 0.506 e. The van der Waals surface area contributed by atoms with Crippen LogP contribution in [0.2, 0.25) is 0 Å². The molecule has 0 saturated heterocycles. The van der Waals surface area contributed by atoms with E-state index in [1.54, 1.807) is 36.4 Å². The molecule has 0 unspecified atom stereocenters. The van der Waals surface area contributed by atoms with Gasteiger partial charge in [0.15, 0.2) is 0 Å². The summed E-state index contributed by atoms with van der Waals surface area (Å²) in [5.41, 5.74) is 3.02. The minimum Gasteiger partial charge on any atom is -0.506 e. The lowest BCUT2D eigenvalue weighted by atomic mass is 10.1. The number of rotatable bonds is 2. The van der Waals surface area contributed by atoms with Crippen LogP contribution in [0, 0.1) is 13.8 Å². The highest BCUT2D eigenvalue weighted by molar-refractivity contribution is 6.05. The lowest BCUT2D eigenvalue weighted by Crippen LogP contribution is -2.12. The second-order valence-electron chi connectivity index (χ2n) is 4.27. The Labute approximate surface area is 106 Å². The first-order valence-corrected chi connectivity index (χ1v) is 5.74. The summed E-state index contributed by atoms with van der Waals surface area (Å²) in [4.78, 5) is 11.9. The smallest absolute Gasteiger partial charge is 0.255 e. The molecule has 3 heteroatoms. The predicted molar refractivity (Wildman–Crippen MR) is 72.0 cm³/mol. The molecule has 18 heavy (non-hydrogen) atoms. The van der Waals surface area contributed by atoms with Crippen molar-refractivity contribution in [2.24, 2.45) is 0 Å². The van der Waals surface area contributed by atoms with Crippen molar-refractivity contribution in [3.8, 4) is 5.75 Å². The minimum absolute atomic E-state index is 0.0855. The Hall–Kier alpha value is -2.29. The summed E-state index contributed by atoms with van der Waals surface area (Å²) in [7, 11) is 0. The van der Waals surface area contributed by atoms with Gasteiger partial charge in [0.25, 0.3) is 5.91 Å². The fourth-order valence-electron chi connectivity index (χ4n) is 1.69. The zero-order valence-corrected chi connectivity index (χ0v) is 10.4. The molecule has 0 aromatic heterocycles. The number of hydrogen-bond acceptors (Lipinski definition) is 2. The van der Waals surface area contributed by atoms with Crippen LogP contribution in [0.25, 0.3) is 0 Å². The van der Waals surface area contributed by atoms with E-state index in [0.717, 1.165) is 11.1 Å². The summed E-state index contributed by atoms with van der Waals surface area (Å²) >= 11 is 0. The molecular formula is C15H15NO2. The lowest BCUT2D eigenvalue weighted by Gasteiger charge is -2.10. The number of phenolic OH excluding ortho intramolecular Hbond substituents is 1. The number of carbonyl (C=O) groups is 1. The van der Waals surface area contributed by atoms with E-state index >= 15 is 0 Å². The van der Waals surface area contributed by atoms with Crippen LogP contribution in [0.3, 0.4) is 0 Å². The van der Waals surface area contributed by atoms with Crippen LogP contribution in [-0.4, -0.2) is 11.0 Å². The molecule has 2 aromatic carbocycles. The molecule has 0 aliphatic rings. The number of benzene rings is 2. The van der Waals surface area contributed by atoms with E-state index in [4.69, 9.17) is 0 Å². The molecule has 0 atom stereocenters. The maximum Gasteiger partial charge on any atom is 0.255 e. The van der Waals surface area contributed by atoms with E-state index in [1.165, 1.54) is 0 Å². The van der Waals surface area contributed by atoms with Crippen molar-refractivity contribution in [2.45, 2.75) is 13.8 Å². The van der Waals surface area contributed by atoms with Crippen molar-refractivity contribution in [2.75, 3.05) is 5.32 Å². The molecule has 0 saturated carbocycles. The second kappa shape index (κ2) is 4.92. The highest BCUT2D eigenvalue weighted by atomic mass is 16.3. The van der Waals surface area contributed by atoms with Gasteiger partial charge in [0, 0.05) is 5.56 Å². The molecule has 0 spiro atoms. The lowest BCUT2D eigenvalue weighted by molar-refractivity contribution is 0.102. The topological polar surface area (TPSA) is 49.3 Å². The number of hydrogen-bond donors (Lipinski definition) is 2. The van der Waals surface area contributed by atoms with Crippen molar-refractivity contribution in [3.05, 3.63) is 59.2 Å². The molecule has 2 aromatic rings. The summed E-state index contributed by atoms with van der Waals surface area (Å²) in [6.45, 7) is 3.85. The fraction of sp³-hybridized carbons (Fsp3) is 0.133. The molecular weight excluding hydrogens is 226 g/mol. The van der Waals surface area contributed by atoms with Crippen LogP contribution >= 0.6 is 0 Å². The van der Waals surface area contributed by atoms with Gasteiger partial charge < -0.3 is 10.4 Å². The normalized spacial score (nSPS) is 10.1. The first kappa shape index (κ1) is 12.2. The molecule has 0 aliphatic heterocycles. The minimum atomic E-state index is -0.228. The van der Waals surface area contributed by atoms with Gasteiger partial charge in [-0.2, -0.15) is 0 Å². The molecule has 2 N–H and O–H groups in total. The summed E-state index contributed by atoms with van der Waals surface area (Å²) in [6.07, 6.45) is 0. The number of aromatic hydroxyl groups is 1. The Morgan fingerprint density at radius 1 is 1.06 bits per heavy atom. The molecule has 1 amide bonds. The van der Waals surface area contributed by atoms with E-state index in [-0.39, 0.29) is 11.7 Å². The van der Waals surface area contributed by atoms with E-state index in [2.05, 4.69) is 5.32 Å². The third kappa shape index (κ3) is 2.51. The van der Waals surface area contributed by atoms with E-state index < -0.39 is 0 Å². The average molecular weight is 241 g/mol. The third-order valence-electron chi connectivity index (χ3n) is 2.90. The number of carbonyl (C=O) groups excluding carboxylic acids is 1. The van der Waals surface area contributed by atoms with Gasteiger partial charge in [-0.25, -0.2) is 0 Å². The number of aryl methyl sites for hydroxylation is 2.